The van der Waals surface area contributed by atoms with Crippen LogP contribution >= 0.6 is 0 Å². The van der Waals surface area contributed by atoms with E-state index in [-0.39, 0.29) is 11.4 Å². The molecule has 0 atom stereocenters. The van der Waals surface area contributed by atoms with Gasteiger partial charge in [0, 0.05) is 23.8 Å². The molecule has 2 aromatic carbocycles. The molecule has 26 heavy (non-hydrogen) atoms. The van der Waals surface area contributed by atoms with E-state index >= 15 is 0 Å². The first-order valence-electron chi connectivity index (χ1n) is 7.27. The predicted molar refractivity (Wildman–Crippen MR) is 86.9 cm³/mol. The Kier molecular flexibility index (Phi) is 4.29. The number of hydrogen-bond donors (Lipinski definition) is 0. The standard InChI is InChI=1S/C17H10F3N3O3/c18-17(19,20)13-3-7-14(8-4-13)22-16(24)9-12(10-21-22)11-1-5-15(6-2-11)23(25)26/h1-10H. The van der Waals surface area contributed by atoms with Gasteiger partial charge in [0.2, 0.25) is 0 Å². The van der Waals surface area contributed by atoms with Crippen LogP contribution in [-0.4, -0.2) is 14.7 Å². The van der Waals surface area contributed by atoms with E-state index in [2.05, 4.69) is 5.10 Å². The number of benzene rings is 2. The molecule has 0 radical (unpaired) electrons. The van der Waals surface area contributed by atoms with Gasteiger partial charge in [-0.25, -0.2) is 0 Å². The molecule has 3 aromatic rings. The average molecular weight is 361 g/mol. The smallest absolute Gasteiger partial charge is 0.267 e. The number of aromatic nitrogens is 2. The summed E-state index contributed by atoms with van der Waals surface area (Å²) in [6.07, 6.45) is -3.10. The van der Waals surface area contributed by atoms with Crippen molar-refractivity contribution in [3.8, 4) is 16.8 Å². The number of nitro groups is 1. The molecule has 132 valence electrons. The van der Waals surface area contributed by atoms with Crippen molar-refractivity contribution in [1.82, 2.24) is 9.78 Å². The summed E-state index contributed by atoms with van der Waals surface area (Å²) in [4.78, 5) is 22.4. The van der Waals surface area contributed by atoms with Gasteiger partial charge < -0.3 is 0 Å². The lowest BCUT2D eigenvalue weighted by atomic mass is 10.1. The summed E-state index contributed by atoms with van der Waals surface area (Å²) >= 11 is 0. The third-order valence-electron chi connectivity index (χ3n) is 3.65. The summed E-state index contributed by atoms with van der Waals surface area (Å²) in [5, 5.41) is 14.6. The third-order valence-corrected chi connectivity index (χ3v) is 3.65. The average Bonchev–Trinajstić information content (AvgIpc) is 2.61. The predicted octanol–water partition coefficient (Wildman–Crippen LogP) is 3.83. The molecule has 3 rings (SSSR count). The zero-order valence-electron chi connectivity index (χ0n) is 13.0. The van der Waals surface area contributed by atoms with Crippen LogP contribution in [0.3, 0.4) is 0 Å². The summed E-state index contributed by atoms with van der Waals surface area (Å²) < 4.78 is 38.7. The number of halogens is 3. The van der Waals surface area contributed by atoms with Crippen LogP contribution in [0.5, 0.6) is 0 Å². The number of non-ortho nitro benzene ring substituents is 1. The first kappa shape index (κ1) is 17.3. The highest BCUT2D eigenvalue weighted by Gasteiger charge is 2.30. The summed E-state index contributed by atoms with van der Waals surface area (Å²) in [5.41, 5.74) is -0.261. The Morgan fingerprint density at radius 1 is 0.962 bits per heavy atom. The Morgan fingerprint density at radius 3 is 2.08 bits per heavy atom. The van der Waals surface area contributed by atoms with Crippen molar-refractivity contribution >= 4 is 5.69 Å². The lowest BCUT2D eigenvalue weighted by molar-refractivity contribution is -0.384. The normalized spacial score (nSPS) is 11.3. The zero-order chi connectivity index (χ0) is 18.9. The molecule has 0 saturated carbocycles. The van der Waals surface area contributed by atoms with Gasteiger partial charge in [-0.15, -0.1) is 0 Å². The molecular weight excluding hydrogens is 351 g/mol. The van der Waals surface area contributed by atoms with Crippen molar-refractivity contribution < 1.29 is 18.1 Å². The van der Waals surface area contributed by atoms with Crippen LogP contribution in [0.15, 0.2) is 65.6 Å². The van der Waals surface area contributed by atoms with Gasteiger partial charge >= 0.3 is 6.18 Å². The van der Waals surface area contributed by atoms with Crippen LogP contribution in [0, 0.1) is 10.1 Å². The molecule has 0 spiro atoms. The van der Waals surface area contributed by atoms with Crippen LogP contribution in [0.2, 0.25) is 0 Å². The van der Waals surface area contributed by atoms with E-state index in [1.54, 1.807) is 0 Å². The van der Waals surface area contributed by atoms with Crippen molar-refractivity contribution in [2.75, 3.05) is 0 Å². The van der Waals surface area contributed by atoms with Gasteiger partial charge in [0.05, 0.1) is 22.4 Å². The molecule has 1 aromatic heterocycles. The van der Waals surface area contributed by atoms with Gasteiger partial charge in [-0.05, 0) is 42.0 Å². The van der Waals surface area contributed by atoms with Gasteiger partial charge in [0.25, 0.3) is 11.2 Å². The Hall–Kier alpha value is -3.49. The first-order chi connectivity index (χ1) is 12.3. The Labute approximate surface area is 144 Å². The van der Waals surface area contributed by atoms with Crippen molar-refractivity contribution in [2.24, 2.45) is 0 Å². The second kappa shape index (κ2) is 6.43. The number of nitrogens with zero attached hydrogens (tertiary/aromatic N) is 3. The molecule has 0 aliphatic heterocycles. The van der Waals surface area contributed by atoms with E-state index in [0.29, 0.717) is 11.1 Å². The molecule has 1 heterocycles. The minimum Gasteiger partial charge on any atom is -0.267 e. The molecule has 0 aliphatic rings. The molecule has 0 unspecified atom stereocenters. The maximum absolute atomic E-state index is 12.6. The van der Waals surface area contributed by atoms with Crippen LogP contribution in [0.4, 0.5) is 18.9 Å². The van der Waals surface area contributed by atoms with E-state index in [1.807, 2.05) is 0 Å². The number of alkyl halides is 3. The molecular formula is C17H10F3N3O3. The van der Waals surface area contributed by atoms with Gasteiger partial charge in [0.15, 0.2) is 0 Å². The molecule has 9 heteroatoms. The highest BCUT2D eigenvalue weighted by atomic mass is 19.4. The number of hydrogen-bond acceptors (Lipinski definition) is 4. The highest BCUT2D eigenvalue weighted by molar-refractivity contribution is 5.63. The topological polar surface area (TPSA) is 78.0 Å². The fourth-order valence-corrected chi connectivity index (χ4v) is 2.33. The quantitative estimate of drug-likeness (QED) is 0.525. The second-order valence-corrected chi connectivity index (χ2v) is 5.34. The highest BCUT2D eigenvalue weighted by Crippen LogP contribution is 2.29. The molecule has 0 saturated heterocycles. The number of nitro benzene ring substituents is 1. The monoisotopic (exact) mass is 361 g/mol. The van der Waals surface area contributed by atoms with Gasteiger partial charge in [0.1, 0.15) is 0 Å². The lowest BCUT2D eigenvalue weighted by Crippen LogP contribution is -2.20. The fourth-order valence-electron chi connectivity index (χ4n) is 2.33. The fraction of sp³-hybridized carbons (Fsp3) is 0.0588. The minimum absolute atomic E-state index is 0.0835. The Balaban J connectivity index is 1.92. The van der Waals surface area contributed by atoms with E-state index in [1.165, 1.54) is 36.5 Å². The summed E-state index contributed by atoms with van der Waals surface area (Å²) in [5.74, 6) is 0. The van der Waals surface area contributed by atoms with Gasteiger partial charge in [-0.1, -0.05) is 0 Å². The van der Waals surface area contributed by atoms with Gasteiger partial charge in [-0.3, -0.25) is 14.9 Å². The largest absolute Gasteiger partial charge is 0.416 e. The molecule has 0 aliphatic carbocycles. The molecule has 6 nitrogen and oxygen atoms in total. The van der Waals surface area contributed by atoms with Crippen LogP contribution < -0.4 is 5.56 Å². The molecule has 0 amide bonds. The third kappa shape index (κ3) is 3.46. The number of rotatable bonds is 3. The summed E-state index contributed by atoms with van der Waals surface area (Å²) in [7, 11) is 0. The van der Waals surface area contributed by atoms with Crippen LogP contribution in [-0.2, 0) is 6.18 Å². The maximum Gasteiger partial charge on any atom is 0.416 e. The Morgan fingerprint density at radius 2 is 1.58 bits per heavy atom. The Bertz CT molecular complexity index is 1010. The van der Waals surface area contributed by atoms with E-state index in [9.17, 15) is 28.1 Å². The maximum atomic E-state index is 12.6. The lowest BCUT2D eigenvalue weighted by Gasteiger charge is -2.09. The minimum atomic E-state index is -4.46. The molecule has 0 N–H and O–H groups in total. The van der Waals surface area contributed by atoms with E-state index < -0.39 is 22.2 Å². The van der Waals surface area contributed by atoms with E-state index in [0.717, 1.165) is 28.9 Å². The summed E-state index contributed by atoms with van der Waals surface area (Å²) in [6.45, 7) is 0. The van der Waals surface area contributed by atoms with Crippen molar-refractivity contribution in [3.05, 3.63) is 86.8 Å². The zero-order valence-corrected chi connectivity index (χ0v) is 13.0. The van der Waals surface area contributed by atoms with Crippen molar-refractivity contribution in [1.29, 1.82) is 0 Å². The van der Waals surface area contributed by atoms with Gasteiger partial charge in [-0.2, -0.15) is 23.0 Å². The van der Waals surface area contributed by atoms with Crippen LogP contribution in [0.25, 0.3) is 16.8 Å². The first-order valence-corrected chi connectivity index (χ1v) is 7.27. The van der Waals surface area contributed by atoms with E-state index in [4.69, 9.17) is 0 Å². The second-order valence-electron chi connectivity index (χ2n) is 5.34. The molecule has 0 bridgehead atoms. The van der Waals surface area contributed by atoms with Crippen LogP contribution in [0.1, 0.15) is 5.56 Å². The molecule has 0 fully saturated rings. The van der Waals surface area contributed by atoms with Crippen molar-refractivity contribution in [3.63, 3.8) is 0 Å². The SMILES string of the molecule is O=c1cc(-c2ccc([N+](=O)[O-])cc2)cnn1-c1ccc(C(F)(F)F)cc1. The summed E-state index contributed by atoms with van der Waals surface area (Å²) in [6, 6.07) is 10.9. The van der Waals surface area contributed by atoms with Crippen molar-refractivity contribution in [2.45, 2.75) is 6.18 Å².